The largest absolute Gasteiger partial charge is 0.338 e. The summed E-state index contributed by atoms with van der Waals surface area (Å²) in [5, 5.41) is 4.71. The summed E-state index contributed by atoms with van der Waals surface area (Å²) in [6.07, 6.45) is 0.847. The van der Waals surface area contributed by atoms with E-state index in [1.165, 1.54) is 0 Å². The highest BCUT2D eigenvalue weighted by molar-refractivity contribution is 7.98. The van der Waals surface area contributed by atoms with Gasteiger partial charge in [-0.2, -0.15) is 4.98 Å². The fraction of sp³-hybridized carbons (Fsp3) is 0.385. The summed E-state index contributed by atoms with van der Waals surface area (Å²) in [4.78, 5) is 5.38. The number of halogens is 1. The minimum absolute atomic E-state index is 0.534. The first-order valence-electron chi connectivity index (χ1n) is 5.84. The molecule has 0 atom stereocenters. The van der Waals surface area contributed by atoms with E-state index in [0.717, 1.165) is 22.2 Å². The number of aromatic nitrogens is 2. The molecule has 18 heavy (non-hydrogen) atoms. The second kappa shape index (κ2) is 6.25. The van der Waals surface area contributed by atoms with Crippen molar-refractivity contribution in [2.75, 3.05) is 0 Å². The summed E-state index contributed by atoms with van der Waals surface area (Å²) in [6, 6.07) is 7.74. The van der Waals surface area contributed by atoms with Gasteiger partial charge >= 0.3 is 0 Å². The third-order valence-corrected chi connectivity index (χ3v) is 3.79. The Morgan fingerprint density at radius 1 is 1.33 bits per heavy atom. The summed E-state index contributed by atoms with van der Waals surface area (Å²) in [6.45, 7) is 4.27. The van der Waals surface area contributed by atoms with E-state index in [1.54, 1.807) is 11.8 Å². The van der Waals surface area contributed by atoms with Crippen molar-refractivity contribution in [1.82, 2.24) is 10.1 Å². The Bertz CT molecular complexity index is 513. The molecule has 0 bridgehead atoms. The minimum Gasteiger partial charge on any atom is -0.338 e. The summed E-state index contributed by atoms with van der Waals surface area (Å²) >= 11 is 7.68. The van der Waals surface area contributed by atoms with Gasteiger partial charge in [-0.25, -0.2) is 0 Å². The van der Waals surface area contributed by atoms with Crippen LogP contribution in [0.1, 0.15) is 25.6 Å². The van der Waals surface area contributed by atoms with Crippen molar-refractivity contribution in [3.63, 3.8) is 0 Å². The molecule has 1 heterocycles. The molecule has 0 unspecified atom stereocenters. The van der Waals surface area contributed by atoms with E-state index in [0.29, 0.717) is 17.6 Å². The predicted octanol–water partition coefficient (Wildman–Crippen LogP) is 4.21. The number of hydrogen-bond acceptors (Lipinski definition) is 4. The zero-order valence-corrected chi connectivity index (χ0v) is 12.0. The molecule has 5 heteroatoms. The van der Waals surface area contributed by atoms with Crippen molar-refractivity contribution in [1.29, 1.82) is 0 Å². The van der Waals surface area contributed by atoms with Crippen LogP contribution in [0.25, 0.3) is 0 Å². The van der Waals surface area contributed by atoms with Crippen LogP contribution in [0.5, 0.6) is 0 Å². The molecule has 3 nitrogen and oxygen atoms in total. The number of hydrogen-bond donors (Lipinski definition) is 0. The quantitative estimate of drug-likeness (QED) is 0.770. The van der Waals surface area contributed by atoms with E-state index >= 15 is 0 Å². The van der Waals surface area contributed by atoms with Gasteiger partial charge in [-0.3, -0.25) is 0 Å². The number of benzene rings is 1. The Labute approximate surface area is 116 Å². The van der Waals surface area contributed by atoms with E-state index in [1.807, 2.05) is 24.3 Å². The monoisotopic (exact) mass is 282 g/mol. The van der Waals surface area contributed by atoms with Gasteiger partial charge in [-0.05, 0) is 18.1 Å². The fourth-order valence-corrected chi connectivity index (χ4v) is 2.57. The van der Waals surface area contributed by atoms with Crippen LogP contribution < -0.4 is 0 Å². The van der Waals surface area contributed by atoms with Crippen molar-refractivity contribution in [2.45, 2.75) is 30.9 Å². The molecule has 96 valence electrons. The molecule has 1 aromatic heterocycles. The first-order valence-corrected chi connectivity index (χ1v) is 7.20. The molecule has 2 aromatic rings. The molecular formula is C13H15ClN2OS. The lowest BCUT2D eigenvalue weighted by molar-refractivity contribution is 0.382. The lowest BCUT2D eigenvalue weighted by Crippen LogP contribution is -1.96. The number of nitrogens with zero attached hydrogens (tertiary/aromatic N) is 2. The van der Waals surface area contributed by atoms with Crippen LogP contribution >= 0.6 is 23.4 Å². The second-order valence-corrected chi connectivity index (χ2v) is 5.85. The molecule has 0 N–H and O–H groups in total. The Kier molecular flexibility index (Phi) is 4.66. The third kappa shape index (κ3) is 3.75. The van der Waals surface area contributed by atoms with Crippen molar-refractivity contribution >= 4 is 23.4 Å². The van der Waals surface area contributed by atoms with Gasteiger partial charge in [-0.1, -0.05) is 42.7 Å². The van der Waals surface area contributed by atoms with Crippen LogP contribution in [0.3, 0.4) is 0 Å². The van der Waals surface area contributed by atoms with E-state index < -0.39 is 0 Å². The summed E-state index contributed by atoms with van der Waals surface area (Å²) in [5.41, 5.74) is 0. The highest BCUT2D eigenvalue weighted by Crippen LogP contribution is 2.28. The Balaban J connectivity index is 1.94. The van der Waals surface area contributed by atoms with Gasteiger partial charge < -0.3 is 4.52 Å². The van der Waals surface area contributed by atoms with Crippen LogP contribution in [0, 0.1) is 5.92 Å². The van der Waals surface area contributed by atoms with E-state index in [-0.39, 0.29) is 0 Å². The first-order chi connectivity index (χ1) is 8.65. The zero-order chi connectivity index (χ0) is 13.0. The maximum Gasteiger partial charge on any atom is 0.237 e. The molecule has 0 aliphatic heterocycles. The Hall–Kier alpha value is -1.00. The molecule has 0 aliphatic rings. The van der Waals surface area contributed by atoms with Gasteiger partial charge in [0.05, 0.1) is 10.8 Å². The van der Waals surface area contributed by atoms with Crippen molar-refractivity contribution in [3.8, 4) is 0 Å². The molecule has 0 aliphatic carbocycles. The Morgan fingerprint density at radius 3 is 2.83 bits per heavy atom. The van der Waals surface area contributed by atoms with Gasteiger partial charge in [0.15, 0.2) is 5.82 Å². The van der Waals surface area contributed by atoms with Crippen molar-refractivity contribution < 1.29 is 4.52 Å². The first kappa shape index (κ1) is 13.4. The predicted molar refractivity (Wildman–Crippen MR) is 73.9 cm³/mol. The van der Waals surface area contributed by atoms with Crippen molar-refractivity contribution in [3.05, 3.63) is 41.0 Å². The van der Waals surface area contributed by atoms with Gasteiger partial charge in [0.1, 0.15) is 0 Å². The number of thioether (sulfide) groups is 1. The summed E-state index contributed by atoms with van der Waals surface area (Å²) in [5.74, 6) is 2.61. The molecule has 0 spiro atoms. The fourth-order valence-electron chi connectivity index (χ4n) is 1.50. The molecule has 0 fully saturated rings. The van der Waals surface area contributed by atoms with Crippen LogP contribution in [-0.2, 0) is 12.2 Å². The zero-order valence-electron chi connectivity index (χ0n) is 10.4. The van der Waals surface area contributed by atoms with E-state index in [4.69, 9.17) is 16.1 Å². The maximum atomic E-state index is 6.08. The standard InChI is InChI=1S/C13H15ClN2OS/c1-9(2)7-12-15-13(17-16-12)8-18-11-6-4-3-5-10(11)14/h3-6,9H,7-8H2,1-2H3. The smallest absolute Gasteiger partial charge is 0.237 e. The molecule has 1 aromatic carbocycles. The van der Waals surface area contributed by atoms with Crippen LogP contribution in [0.2, 0.25) is 5.02 Å². The maximum absolute atomic E-state index is 6.08. The SMILES string of the molecule is CC(C)Cc1noc(CSc2ccccc2Cl)n1. The normalized spacial score (nSPS) is 11.1. The molecule has 0 saturated heterocycles. The summed E-state index contributed by atoms with van der Waals surface area (Å²) in [7, 11) is 0. The molecule has 0 radical (unpaired) electrons. The lowest BCUT2D eigenvalue weighted by atomic mass is 10.1. The number of rotatable bonds is 5. The molecule has 0 amide bonds. The summed E-state index contributed by atoms with van der Waals surface area (Å²) < 4.78 is 5.20. The molecule has 0 saturated carbocycles. The van der Waals surface area contributed by atoms with Gasteiger partial charge in [0, 0.05) is 11.3 Å². The highest BCUT2D eigenvalue weighted by atomic mass is 35.5. The highest BCUT2D eigenvalue weighted by Gasteiger charge is 2.09. The minimum atomic E-state index is 0.534. The average Bonchev–Trinajstić information content (AvgIpc) is 2.75. The topological polar surface area (TPSA) is 38.9 Å². The molecular weight excluding hydrogens is 268 g/mol. The van der Waals surface area contributed by atoms with Gasteiger partial charge in [0.2, 0.25) is 5.89 Å². The van der Waals surface area contributed by atoms with Crippen LogP contribution in [0.4, 0.5) is 0 Å². The van der Waals surface area contributed by atoms with Crippen LogP contribution in [0.15, 0.2) is 33.7 Å². The average molecular weight is 283 g/mol. The lowest BCUT2D eigenvalue weighted by Gasteiger charge is -2.00. The Morgan fingerprint density at radius 2 is 2.11 bits per heavy atom. The van der Waals surface area contributed by atoms with Crippen LogP contribution in [-0.4, -0.2) is 10.1 Å². The third-order valence-electron chi connectivity index (χ3n) is 2.29. The van der Waals surface area contributed by atoms with E-state index in [9.17, 15) is 0 Å². The van der Waals surface area contributed by atoms with Crippen molar-refractivity contribution in [2.24, 2.45) is 5.92 Å². The van der Waals surface area contributed by atoms with Gasteiger partial charge in [0.25, 0.3) is 0 Å². The van der Waals surface area contributed by atoms with Gasteiger partial charge in [-0.15, -0.1) is 11.8 Å². The van der Waals surface area contributed by atoms with E-state index in [2.05, 4.69) is 24.0 Å². The second-order valence-electron chi connectivity index (χ2n) is 4.42. The molecule has 2 rings (SSSR count).